The van der Waals surface area contributed by atoms with Gasteiger partial charge in [-0.05, 0) is 19.8 Å². The molecule has 0 heterocycles. The molecule has 1 aliphatic carbocycles. The first-order valence-corrected chi connectivity index (χ1v) is 5.68. The van der Waals surface area contributed by atoms with Crippen LogP contribution in [-0.2, 0) is 9.53 Å². The Morgan fingerprint density at radius 2 is 2.25 bits per heavy atom. The number of ether oxygens (including phenoxy) is 1. The van der Waals surface area contributed by atoms with E-state index in [9.17, 15) is 4.79 Å². The number of nitrogens with two attached hydrogens (primary N) is 1. The van der Waals surface area contributed by atoms with E-state index in [1.807, 2.05) is 6.92 Å². The van der Waals surface area contributed by atoms with Crippen LogP contribution in [0.25, 0.3) is 0 Å². The van der Waals surface area contributed by atoms with Gasteiger partial charge in [0, 0.05) is 32.0 Å². The lowest BCUT2D eigenvalue weighted by atomic mass is 10.1. The molecular weight excluding hydrogens is 228 g/mol. The summed E-state index contributed by atoms with van der Waals surface area (Å²) in [6.45, 7) is 2.57. The molecule has 0 aromatic heterocycles. The minimum atomic E-state index is -0.0631. The molecule has 0 bridgehead atoms. The molecule has 0 aliphatic heterocycles. The molecule has 3 unspecified atom stereocenters. The normalized spacial score (nSPS) is 25.9. The van der Waals surface area contributed by atoms with Gasteiger partial charge in [0.1, 0.15) is 0 Å². The molecule has 1 aliphatic rings. The number of methoxy groups -OCH3 is 1. The van der Waals surface area contributed by atoms with Crippen LogP contribution >= 0.6 is 12.4 Å². The van der Waals surface area contributed by atoms with Gasteiger partial charge in [-0.3, -0.25) is 4.79 Å². The van der Waals surface area contributed by atoms with Crippen LogP contribution in [0.3, 0.4) is 0 Å². The predicted octanol–water partition coefficient (Wildman–Crippen LogP) is 1.08. The van der Waals surface area contributed by atoms with Crippen LogP contribution in [0.2, 0.25) is 0 Å². The van der Waals surface area contributed by atoms with E-state index in [1.54, 1.807) is 7.11 Å². The van der Waals surface area contributed by atoms with Gasteiger partial charge >= 0.3 is 0 Å². The van der Waals surface area contributed by atoms with Crippen molar-refractivity contribution >= 4 is 18.3 Å². The fourth-order valence-corrected chi connectivity index (χ4v) is 2.16. The van der Waals surface area contributed by atoms with Gasteiger partial charge in [-0.1, -0.05) is 6.42 Å². The fraction of sp³-hybridized carbons (Fsp3) is 0.909. The molecule has 3 atom stereocenters. The quantitative estimate of drug-likeness (QED) is 0.768. The smallest absolute Gasteiger partial charge is 0.221 e. The summed E-state index contributed by atoms with van der Waals surface area (Å²) in [5.41, 5.74) is 5.54. The molecular formula is C11H23ClN2O2. The molecule has 0 aromatic carbocycles. The number of hydrogen-bond donors (Lipinski definition) is 2. The standard InChI is InChI=1S/C11H22N2O2.ClH/c1-8(12)6-11(14)13-7-9-4-3-5-10(9)15-2;/h8-10H,3-7,12H2,1-2H3,(H,13,14);1H. The third kappa shape index (κ3) is 5.14. The van der Waals surface area contributed by atoms with Crippen molar-refractivity contribution in [1.82, 2.24) is 5.32 Å². The third-order valence-corrected chi connectivity index (χ3v) is 2.96. The molecule has 5 heteroatoms. The summed E-state index contributed by atoms with van der Waals surface area (Å²) in [6.07, 6.45) is 4.19. The second kappa shape index (κ2) is 7.87. The summed E-state index contributed by atoms with van der Waals surface area (Å²) < 4.78 is 5.36. The lowest BCUT2D eigenvalue weighted by Gasteiger charge is -2.18. The molecule has 0 radical (unpaired) electrons. The van der Waals surface area contributed by atoms with E-state index in [0.717, 1.165) is 19.4 Å². The van der Waals surface area contributed by atoms with E-state index < -0.39 is 0 Å². The van der Waals surface area contributed by atoms with Crippen LogP contribution in [-0.4, -0.2) is 31.7 Å². The Morgan fingerprint density at radius 3 is 2.81 bits per heavy atom. The number of nitrogens with one attached hydrogen (secondary N) is 1. The average molecular weight is 251 g/mol. The van der Waals surface area contributed by atoms with E-state index in [1.165, 1.54) is 6.42 Å². The van der Waals surface area contributed by atoms with Crippen molar-refractivity contribution in [2.75, 3.05) is 13.7 Å². The number of halogens is 1. The summed E-state index contributed by atoms with van der Waals surface area (Å²) in [5.74, 6) is 0.527. The molecule has 1 fully saturated rings. The van der Waals surface area contributed by atoms with Crippen molar-refractivity contribution in [2.45, 2.75) is 44.8 Å². The zero-order valence-electron chi connectivity index (χ0n) is 10.1. The monoisotopic (exact) mass is 250 g/mol. The highest BCUT2D eigenvalue weighted by Gasteiger charge is 2.27. The van der Waals surface area contributed by atoms with Crippen molar-refractivity contribution in [3.63, 3.8) is 0 Å². The zero-order chi connectivity index (χ0) is 11.3. The fourth-order valence-electron chi connectivity index (χ4n) is 2.16. The highest BCUT2D eigenvalue weighted by Crippen LogP contribution is 2.27. The minimum absolute atomic E-state index is 0. The summed E-state index contributed by atoms with van der Waals surface area (Å²) in [7, 11) is 1.74. The van der Waals surface area contributed by atoms with Gasteiger partial charge in [-0.25, -0.2) is 0 Å². The number of hydrogen-bond acceptors (Lipinski definition) is 3. The van der Waals surface area contributed by atoms with Crippen molar-refractivity contribution in [3.05, 3.63) is 0 Å². The molecule has 96 valence electrons. The van der Waals surface area contributed by atoms with Gasteiger partial charge in [-0.2, -0.15) is 0 Å². The van der Waals surface area contributed by atoms with Crippen LogP contribution in [0.5, 0.6) is 0 Å². The molecule has 0 aromatic rings. The second-order valence-corrected chi connectivity index (χ2v) is 4.45. The van der Waals surface area contributed by atoms with Crippen molar-refractivity contribution in [3.8, 4) is 0 Å². The first-order valence-electron chi connectivity index (χ1n) is 5.68. The summed E-state index contributed by atoms with van der Waals surface area (Å²) in [5, 5.41) is 2.92. The Bertz CT molecular complexity index is 212. The predicted molar refractivity (Wildman–Crippen MR) is 66.7 cm³/mol. The molecule has 1 amide bonds. The van der Waals surface area contributed by atoms with Crippen molar-refractivity contribution < 1.29 is 9.53 Å². The van der Waals surface area contributed by atoms with Crippen LogP contribution in [0.1, 0.15) is 32.6 Å². The number of amides is 1. The molecule has 4 nitrogen and oxygen atoms in total. The molecule has 1 rings (SSSR count). The molecule has 0 saturated heterocycles. The van der Waals surface area contributed by atoms with Crippen LogP contribution in [0.15, 0.2) is 0 Å². The largest absolute Gasteiger partial charge is 0.381 e. The average Bonchev–Trinajstić information content (AvgIpc) is 2.60. The Balaban J connectivity index is 0.00000225. The van der Waals surface area contributed by atoms with Gasteiger partial charge < -0.3 is 15.8 Å². The Labute approximate surface area is 104 Å². The van der Waals surface area contributed by atoms with Gasteiger partial charge in [0.05, 0.1) is 6.10 Å². The molecule has 3 N–H and O–H groups in total. The SMILES string of the molecule is COC1CCCC1CNC(=O)CC(C)N.Cl. The third-order valence-electron chi connectivity index (χ3n) is 2.96. The first-order chi connectivity index (χ1) is 7.13. The molecule has 0 spiro atoms. The van der Waals surface area contributed by atoms with Gasteiger partial charge in [-0.15, -0.1) is 12.4 Å². The van der Waals surface area contributed by atoms with Crippen molar-refractivity contribution in [1.29, 1.82) is 0 Å². The zero-order valence-corrected chi connectivity index (χ0v) is 10.9. The van der Waals surface area contributed by atoms with E-state index in [0.29, 0.717) is 18.4 Å². The van der Waals surface area contributed by atoms with Gasteiger partial charge in [0.2, 0.25) is 5.91 Å². The van der Waals surface area contributed by atoms with Gasteiger partial charge in [0.25, 0.3) is 0 Å². The van der Waals surface area contributed by atoms with Crippen molar-refractivity contribution in [2.24, 2.45) is 11.7 Å². The minimum Gasteiger partial charge on any atom is -0.381 e. The van der Waals surface area contributed by atoms with Gasteiger partial charge in [0.15, 0.2) is 0 Å². The van der Waals surface area contributed by atoms with Crippen LogP contribution < -0.4 is 11.1 Å². The maximum Gasteiger partial charge on any atom is 0.221 e. The van der Waals surface area contributed by atoms with E-state index in [2.05, 4.69) is 5.32 Å². The lowest BCUT2D eigenvalue weighted by molar-refractivity contribution is -0.121. The molecule has 1 saturated carbocycles. The number of carbonyl (C=O) groups excluding carboxylic acids is 1. The second-order valence-electron chi connectivity index (χ2n) is 4.45. The van der Waals surface area contributed by atoms with E-state index in [4.69, 9.17) is 10.5 Å². The summed E-state index contributed by atoms with van der Waals surface area (Å²) >= 11 is 0. The highest BCUT2D eigenvalue weighted by molar-refractivity contribution is 5.85. The Hall–Kier alpha value is -0.320. The summed E-state index contributed by atoms with van der Waals surface area (Å²) in [4.78, 5) is 11.4. The Morgan fingerprint density at radius 1 is 1.56 bits per heavy atom. The number of carbonyl (C=O) groups is 1. The van der Waals surface area contributed by atoms with Crippen LogP contribution in [0, 0.1) is 5.92 Å². The first kappa shape index (κ1) is 15.7. The van der Waals surface area contributed by atoms with Crippen LogP contribution in [0.4, 0.5) is 0 Å². The maximum absolute atomic E-state index is 11.4. The molecule has 16 heavy (non-hydrogen) atoms. The maximum atomic E-state index is 11.4. The highest BCUT2D eigenvalue weighted by atomic mass is 35.5. The van der Waals surface area contributed by atoms with E-state index in [-0.39, 0.29) is 24.4 Å². The summed E-state index contributed by atoms with van der Waals surface area (Å²) in [6, 6.07) is -0.0631. The number of rotatable bonds is 5. The Kier molecular flexibility index (Phi) is 7.72. The van der Waals surface area contributed by atoms with E-state index >= 15 is 0 Å². The topological polar surface area (TPSA) is 64.3 Å². The lowest BCUT2D eigenvalue weighted by Crippen LogP contribution is -2.35.